The lowest BCUT2D eigenvalue weighted by atomic mass is 10.1. The highest BCUT2D eigenvalue weighted by molar-refractivity contribution is 6.42. The van der Waals surface area contributed by atoms with Crippen molar-refractivity contribution in [1.29, 1.82) is 0 Å². The second-order valence-corrected chi connectivity index (χ2v) is 8.53. The van der Waals surface area contributed by atoms with Crippen LogP contribution in [0.2, 0.25) is 10.0 Å². The molecule has 1 saturated heterocycles. The molecule has 0 saturated carbocycles. The number of anilines is 1. The number of hydrogen-bond acceptors (Lipinski definition) is 4. The number of halogens is 2. The van der Waals surface area contributed by atoms with E-state index in [2.05, 4.69) is 10.00 Å². The van der Waals surface area contributed by atoms with Crippen LogP contribution in [0.15, 0.2) is 42.5 Å². The van der Waals surface area contributed by atoms with E-state index in [9.17, 15) is 9.90 Å². The number of aryl methyl sites for hydroxylation is 1. The van der Waals surface area contributed by atoms with E-state index < -0.39 is 0 Å². The number of amides is 1. The summed E-state index contributed by atoms with van der Waals surface area (Å²) < 4.78 is 1.81. The molecule has 4 rings (SSSR count). The van der Waals surface area contributed by atoms with Crippen molar-refractivity contribution in [2.45, 2.75) is 20.3 Å². The molecule has 162 valence electrons. The van der Waals surface area contributed by atoms with Crippen molar-refractivity contribution in [2.75, 3.05) is 31.1 Å². The van der Waals surface area contributed by atoms with Crippen LogP contribution in [0.1, 0.15) is 17.0 Å². The molecule has 2 aromatic carbocycles. The summed E-state index contributed by atoms with van der Waals surface area (Å²) in [6.45, 7) is 6.74. The molecule has 0 spiro atoms. The van der Waals surface area contributed by atoms with Gasteiger partial charge in [-0.2, -0.15) is 5.10 Å². The molecule has 1 N–H and O–H groups in total. The maximum atomic E-state index is 13.0. The molecule has 0 radical (unpaired) electrons. The van der Waals surface area contributed by atoms with Gasteiger partial charge in [0.25, 0.3) is 0 Å². The van der Waals surface area contributed by atoms with Crippen LogP contribution < -0.4 is 4.90 Å². The first-order chi connectivity index (χ1) is 14.8. The van der Waals surface area contributed by atoms with E-state index in [1.165, 1.54) is 0 Å². The molecule has 8 heteroatoms. The van der Waals surface area contributed by atoms with E-state index in [1.807, 2.05) is 41.6 Å². The molecule has 3 aromatic rings. The normalized spacial score (nSPS) is 14.2. The Bertz CT molecular complexity index is 1100. The first-order valence-corrected chi connectivity index (χ1v) is 10.9. The molecule has 0 bridgehead atoms. The quantitative estimate of drug-likeness (QED) is 0.629. The van der Waals surface area contributed by atoms with Gasteiger partial charge in [-0.25, -0.2) is 4.68 Å². The Labute approximate surface area is 191 Å². The summed E-state index contributed by atoms with van der Waals surface area (Å²) in [5.74, 6) is 0.356. The number of rotatable bonds is 4. The van der Waals surface area contributed by atoms with Gasteiger partial charge in [0.05, 0.1) is 27.8 Å². The SMILES string of the molecule is Cc1nn(-c2ccc(Cl)c(Cl)c2)c(C)c1CC(=O)N1CCN(c2ccc(O)cc2)CC1. The Morgan fingerprint density at radius 2 is 1.61 bits per heavy atom. The Kier molecular flexibility index (Phi) is 6.12. The summed E-state index contributed by atoms with van der Waals surface area (Å²) in [4.78, 5) is 17.1. The molecule has 1 fully saturated rings. The highest BCUT2D eigenvalue weighted by Crippen LogP contribution is 2.27. The highest BCUT2D eigenvalue weighted by atomic mass is 35.5. The summed E-state index contributed by atoms with van der Waals surface area (Å²) in [6.07, 6.45) is 0.318. The summed E-state index contributed by atoms with van der Waals surface area (Å²) in [5, 5.41) is 15.1. The second-order valence-electron chi connectivity index (χ2n) is 7.72. The van der Waals surface area contributed by atoms with E-state index in [1.54, 1.807) is 24.3 Å². The number of piperazine rings is 1. The Hall–Kier alpha value is -2.70. The van der Waals surface area contributed by atoms with Gasteiger partial charge in [-0.15, -0.1) is 0 Å². The summed E-state index contributed by atoms with van der Waals surface area (Å²) in [7, 11) is 0. The van der Waals surface area contributed by atoms with Gasteiger partial charge >= 0.3 is 0 Å². The molecule has 0 unspecified atom stereocenters. The number of phenolic OH excluding ortho intramolecular Hbond substituents is 1. The van der Waals surface area contributed by atoms with Crippen molar-refractivity contribution >= 4 is 34.8 Å². The minimum Gasteiger partial charge on any atom is -0.508 e. The maximum Gasteiger partial charge on any atom is 0.227 e. The third-order valence-electron chi connectivity index (χ3n) is 5.76. The fraction of sp³-hybridized carbons (Fsp3) is 0.304. The van der Waals surface area contributed by atoms with E-state index in [-0.39, 0.29) is 11.7 Å². The molecule has 6 nitrogen and oxygen atoms in total. The third kappa shape index (κ3) is 4.50. The van der Waals surface area contributed by atoms with Crippen molar-refractivity contribution < 1.29 is 9.90 Å². The zero-order valence-corrected chi connectivity index (χ0v) is 19.0. The van der Waals surface area contributed by atoms with Crippen molar-refractivity contribution in [1.82, 2.24) is 14.7 Å². The number of phenols is 1. The van der Waals surface area contributed by atoms with E-state index >= 15 is 0 Å². The Morgan fingerprint density at radius 1 is 0.968 bits per heavy atom. The molecule has 31 heavy (non-hydrogen) atoms. The van der Waals surface area contributed by atoms with Crippen LogP contribution in [0.5, 0.6) is 5.75 Å². The van der Waals surface area contributed by atoms with Gasteiger partial charge in [0, 0.05) is 43.1 Å². The summed E-state index contributed by atoms with van der Waals surface area (Å²) in [6, 6.07) is 12.6. The molecular weight excluding hydrogens is 435 g/mol. The minimum absolute atomic E-state index is 0.102. The van der Waals surface area contributed by atoms with Crippen molar-refractivity contribution in [3.63, 3.8) is 0 Å². The number of hydrogen-bond donors (Lipinski definition) is 1. The fourth-order valence-corrected chi connectivity index (χ4v) is 4.23. The molecule has 1 amide bonds. The van der Waals surface area contributed by atoms with E-state index in [0.29, 0.717) is 29.6 Å². The minimum atomic E-state index is 0.102. The number of carbonyl (C=O) groups excluding carboxylic acids is 1. The van der Waals surface area contributed by atoms with Crippen LogP contribution in [0.25, 0.3) is 5.69 Å². The predicted molar refractivity (Wildman–Crippen MR) is 124 cm³/mol. The number of aromatic hydroxyl groups is 1. The van der Waals surface area contributed by atoms with Crippen LogP contribution in [-0.4, -0.2) is 51.9 Å². The number of nitrogens with zero attached hydrogens (tertiary/aromatic N) is 4. The third-order valence-corrected chi connectivity index (χ3v) is 6.50. The van der Waals surface area contributed by atoms with Gasteiger partial charge in [0.1, 0.15) is 5.75 Å². The average Bonchev–Trinajstić information content (AvgIpc) is 3.04. The first-order valence-electron chi connectivity index (χ1n) is 10.2. The van der Waals surface area contributed by atoms with Gasteiger partial charge in [-0.05, 0) is 56.3 Å². The standard InChI is InChI=1S/C23H24Cl2N4O2/c1-15-20(16(2)29(26-15)18-5-8-21(24)22(25)13-18)14-23(31)28-11-9-27(10-12-28)17-3-6-19(30)7-4-17/h3-8,13,30H,9-12,14H2,1-2H3. The molecule has 0 atom stereocenters. The maximum absolute atomic E-state index is 13.0. The molecule has 1 aromatic heterocycles. The van der Waals surface area contributed by atoms with Crippen LogP contribution in [-0.2, 0) is 11.2 Å². The second kappa shape index (κ2) is 8.81. The summed E-state index contributed by atoms with van der Waals surface area (Å²) >= 11 is 12.2. The smallest absolute Gasteiger partial charge is 0.227 e. The molecule has 1 aliphatic heterocycles. The average molecular weight is 459 g/mol. The van der Waals surface area contributed by atoms with Gasteiger partial charge in [-0.3, -0.25) is 4.79 Å². The molecular formula is C23H24Cl2N4O2. The molecule has 1 aliphatic rings. The van der Waals surface area contributed by atoms with Crippen LogP contribution >= 0.6 is 23.2 Å². The first kappa shape index (κ1) is 21.5. The zero-order valence-electron chi connectivity index (χ0n) is 17.5. The van der Waals surface area contributed by atoms with Crippen LogP contribution in [0.4, 0.5) is 5.69 Å². The van der Waals surface area contributed by atoms with E-state index in [4.69, 9.17) is 23.2 Å². The molecule has 2 heterocycles. The van der Waals surface area contributed by atoms with E-state index in [0.717, 1.165) is 41.4 Å². The lowest BCUT2D eigenvalue weighted by Crippen LogP contribution is -2.49. The highest BCUT2D eigenvalue weighted by Gasteiger charge is 2.24. The lowest BCUT2D eigenvalue weighted by Gasteiger charge is -2.36. The fourth-order valence-electron chi connectivity index (χ4n) is 3.94. The van der Waals surface area contributed by atoms with Gasteiger partial charge in [-0.1, -0.05) is 23.2 Å². The Morgan fingerprint density at radius 3 is 2.26 bits per heavy atom. The molecule has 0 aliphatic carbocycles. The van der Waals surface area contributed by atoms with Crippen molar-refractivity contribution in [3.8, 4) is 11.4 Å². The predicted octanol–water partition coefficient (Wildman–Crippen LogP) is 4.39. The lowest BCUT2D eigenvalue weighted by molar-refractivity contribution is -0.130. The topological polar surface area (TPSA) is 61.6 Å². The van der Waals surface area contributed by atoms with Crippen molar-refractivity contribution in [3.05, 3.63) is 69.5 Å². The summed E-state index contributed by atoms with van der Waals surface area (Å²) in [5.41, 5.74) is 4.57. The number of benzene rings is 2. The zero-order chi connectivity index (χ0) is 22.1. The van der Waals surface area contributed by atoms with Gasteiger partial charge in [0.15, 0.2) is 0 Å². The number of carbonyl (C=O) groups is 1. The van der Waals surface area contributed by atoms with Crippen LogP contribution in [0.3, 0.4) is 0 Å². The monoisotopic (exact) mass is 458 g/mol. The van der Waals surface area contributed by atoms with Gasteiger partial charge < -0.3 is 14.9 Å². The van der Waals surface area contributed by atoms with Crippen LogP contribution in [0, 0.1) is 13.8 Å². The van der Waals surface area contributed by atoms with Crippen molar-refractivity contribution in [2.24, 2.45) is 0 Å². The largest absolute Gasteiger partial charge is 0.508 e. The number of aromatic nitrogens is 2. The Balaban J connectivity index is 1.44. The van der Waals surface area contributed by atoms with Gasteiger partial charge in [0.2, 0.25) is 5.91 Å².